The van der Waals surface area contributed by atoms with E-state index in [9.17, 15) is 0 Å². The molecule has 0 fully saturated rings. The van der Waals surface area contributed by atoms with E-state index in [2.05, 4.69) is 38.1 Å². The Balaban J connectivity index is 1.90. The van der Waals surface area contributed by atoms with E-state index in [1.54, 1.807) is 0 Å². The number of hydrogen-bond acceptors (Lipinski definition) is 3. The maximum atomic E-state index is 6.12. The molecule has 2 aromatic rings. The smallest absolute Gasteiger partial charge is 0.162 e. The highest BCUT2D eigenvalue weighted by Gasteiger charge is 2.31. The van der Waals surface area contributed by atoms with Gasteiger partial charge in [-0.2, -0.15) is 0 Å². The van der Waals surface area contributed by atoms with Crippen LogP contribution >= 0.6 is 0 Å². The van der Waals surface area contributed by atoms with E-state index < -0.39 is 0 Å². The molecule has 2 N–H and O–H groups in total. The molecule has 0 amide bonds. The van der Waals surface area contributed by atoms with Crippen LogP contribution in [0, 0.1) is 0 Å². The summed E-state index contributed by atoms with van der Waals surface area (Å²) in [5, 5.41) is 0. The molecule has 3 heteroatoms. The molecule has 1 aliphatic rings. The first-order valence-electron chi connectivity index (χ1n) is 7.41. The van der Waals surface area contributed by atoms with Crippen LogP contribution in [-0.4, -0.2) is 12.6 Å². The first-order chi connectivity index (χ1) is 10.2. The predicted octanol–water partition coefficient (Wildman–Crippen LogP) is 3.65. The van der Waals surface area contributed by atoms with Gasteiger partial charge in [-0.15, -0.1) is 0 Å². The highest BCUT2D eigenvalue weighted by molar-refractivity contribution is 5.42. The van der Waals surface area contributed by atoms with Crippen molar-refractivity contribution in [1.29, 1.82) is 0 Å². The molecule has 3 nitrogen and oxygen atoms in total. The van der Waals surface area contributed by atoms with Gasteiger partial charge in [-0.3, -0.25) is 0 Å². The molecule has 0 bridgehead atoms. The fourth-order valence-corrected chi connectivity index (χ4v) is 2.61. The molecule has 2 unspecified atom stereocenters. The van der Waals surface area contributed by atoms with Gasteiger partial charge in [-0.1, -0.05) is 50.2 Å². The molecule has 3 rings (SSSR count). The normalized spacial score (nSPS) is 20.6. The second kappa shape index (κ2) is 5.78. The molecule has 0 saturated carbocycles. The second-order valence-electron chi connectivity index (χ2n) is 5.70. The van der Waals surface area contributed by atoms with Crippen LogP contribution in [0.4, 0.5) is 0 Å². The summed E-state index contributed by atoms with van der Waals surface area (Å²) in [6, 6.07) is 16.2. The highest BCUT2D eigenvalue weighted by Crippen LogP contribution is 2.39. The Morgan fingerprint density at radius 1 is 0.952 bits per heavy atom. The van der Waals surface area contributed by atoms with E-state index in [0.29, 0.717) is 12.5 Å². The van der Waals surface area contributed by atoms with Gasteiger partial charge in [0.25, 0.3) is 0 Å². The highest BCUT2D eigenvalue weighted by atomic mass is 16.6. The third-order valence-electron chi connectivity index (χ3n) is 3.88. The van der Waals surface area contributed by atoms with Crippen molar-refractivity contribution in [3.05, 3.63) is 59.7 Å². The molecular formula is C18H21NO2. The Labute approximate surface area is 125 Å². The van der Waals surface area contributed by atoms with Gasteiger partial charge in [-0.25, -0.2) is 0 Å². The van der Waals surface area contributed by atoms with Gasteiger partial charge >= 0.3 is 0 Å². The lowest BCUT2D eigenvalue weighted by molar-refractivity contribution is 0.0249. The van der Waals surface area contributed by atoms with Gasteiger partial charge in [-0.05, 0) is 29.2 Å². The number of benzene rings is 2. The van der Waals surface area contributed by atoms with Gasteiger partial charge in [0.15, 0.2) is 23.7 Å². The van der Waals surface area contributed by atoms with Crippen LogP contribution in [0.1, 0.15) is 37.0 Å². The number of fused-ring (bicyclic) bond motifs is 1. The van der Waals surface area contributed by atoms with Crippen LogP contribution in [-0.2, 0) is 0 Å². The minimum absolute atomic E-state index is 0.161. The average Bonchev–Trinajstić information content (AvgIpc) is 2.53. The Hall–Kier alpha value is -2.00. The Kier molecular flexibility index (Phi) is 3.84. The molecule has 110 valence electrons. The number of ether oxygens (including phenoxy) is 2. The van der Waals surface area contributed by atoms with Gasteiger partial charge in [0.1, 0.15) is 0 Å². The fourth-order valence-electron chi connectivity index (χ4n) is 2.61. The zero-order valence-corrected chi connectivity index (χ0v) is 12.5. The zero-order valence-electron chi connectivity index (χ0n) is 12.5. The maximum absolute atomic E-state index is 6.12. The van der Waals surface area contributed by atoms with E-state index in [4.69, 9.17) is 15.2 Å². The fraction of sp³-hybridized carbons (Fsp3) is 0.333. The quantitative estimate of drug-likeness (QED) is 0.935. The first kappa shape index (κ1) is 14.0. The second-order valence-corrected chi connectivity index (χ2v) is 5.70. The zero-order chi connectivity index (χ0) is 14.8. The molecule has 0 spiro atoms. The SMILES string of the molecule is CC(C)c1ccc(C2Oc3ccccc3OC2CN)cc1. The van der Waals surface area contributed by atoms with Gasteiger partial charge in [0, 0.05) is 6.54 Å². The van der Waals surface area contributed by atoms with Crippen LogP contribution in [0.5, 0.6) is 11.5 Å². The summed E-state index contributed by atoms with van der Waals surface area (Å²) in [4.78, 5) is 0. The topological polar surface area (TPSA) is 44.5 Å². The van der Waals surface area contributed by atoms with Gasteiger partial charge < -0.3 is 15.2 Å². The lowest BCUT2D eigenvalue weighted by Gasteiger charge is -2.33. The maximum Gasteiger partial charge on any atom is 0.162 e. The summed E-state index contributed by atoms with van der Waals surface area (Å²) in [6.07, 6.45) is -0.323. The van der Waals surface area contributed by atoms with Crippen LogP contribution < -0.4 is 15.2 Å². The van der Waals surface area contributed by atoms with E-state index >= 15 is 0 Å². The van der Waals surface area contributed by atoms with Gasteiger partial charge in [0.2, 0.25) is 0 Å². The summed E-state index contributed by atoms with van der Waals surface area (Å²) in [7, 11) is 0. The van der Waals surface area contributed by atoms with Crippen LogP contribution in [0.25, 0.3) is 0 Å². The van der Waals surface area contributed by atoms with E-state index in [-0.39, 0.29) is 12.2 Å². The standard InChI is InChI=1S/C18H21NO2/c1-12(2)13-7-9-14(10-8-13)18-17(11-19)20-15-5-3-4-6-16(15)21-18/h3-10,12,17-18H,11,19H2,1-2H3. The minimum atomic E-state index is -0.162. The third-order valence-corrected chi connectivity index (χ3v) is 3.88. The lowest BCUT2D eigenvalue weighted by Crippen LogP contribution is -2.38. The van der Waals surface area contributed by atoms with E-state index in [1.807, 2.05) is 24.3 Å². The first-order valence-corrected chi connectivity index (χ1v) is 7.41. The molecule has 1 aliphatic heterocycles. The Morgan fingerprint density at radius 2 is 1.57 bits per heavy atom. The van der Waals surface area contributed by atoms with Crippen LogP contribution in [0.3, 0.4) is 0 Å². The predicted molar refractivity (Wildman–Crippen MR) is 83.8 cm³/mol. The van der Waals surface area contributed by atoms with Crippen LogP contribution in [0.2, 0.25) is 0 Å². The van der Waals surface area contributed by atoms with Crippen molar-refractivity contribution in [2.24, 2.45) is 5.73 Å². The van der Waals surface area contributed by atoms with E-state index in [1.165, 1.54) is 5.56 Å². The molecule has 0 saturated heterocycles. The van der Waals surface area contributed by atoms with Crippen molar-refractivity contribution in [2.75, 3.05) is 6.54 Å². The number of rotatable bonds is 3. The molecule has 0 aliphatic carbocycles. The molecule has 0 aromatic heterocycles. The van der Waals surface area contributed by atoms with Gasteiger partial charge in [0.05, 0.1) is 0 Å². The largest absolute Gasteiger partial charge is 0.481 e. The lowest BCUT2D eigenvalue weighted by atomic mass is 9.97. The summed E-state index contributed by atoms with van der Waals surface area (Å²) in [5.41, 5.74) is 8.28. The Morgan fingerprint density at radius 3 is 2.14 bits per heavy atom. The molecule has 1 heterocycles. The average molecular weight is 283 g/mol. The Bertz CT molecular complexity index is 607. The van der Waals surface area contributed by atoms with Crippen molar-refractivity contribution in [3.63, 3.8) is 0 Å². The number of nitrogens with two attached hydrogens (primary N) is 1. The summed E-state index contributed by atoms with van der Waals surface area (Å²) in [6.45, 7) is 4.80. The molecule has 0 radical (unpaired) electrons. The molecule has 2 atom stereocenters. The monoisotopic (exact) mass is 283 g/mol. The number of hydrogen-bond donors (Lipinski definition) is 1. The van der Waals surface area contributed by atoms with Crippen molar-refractivity contribution in [3.8, 4) is 11.5 Å². The summed E-state index contributed by atoms with van der Waals surface area (Å²) >= 11 is 0. The third kappa shape index (κ3) is 2.74. The molecule has 21 heavy (non-hydrogen) atoms. The van der Waals surface area contributed by atoms with Crippen molar-refractivity contribution in [2.45, 2.75) is 32.0 Å². The van der Waals surface area contributed by atoms with Crippen LogP contribution in [0.15, 0.2) is 48.5 Å². The minimum Gasteiger partial charge on any atom is -0.481 e. The molecular weight excluding hydrogens is 262 g/mol. The summed E-state index contributed by atoms with van der Waals surface area (Å²) < 4.78 is 12.1. The number of para-hydroxylation sites is 2. The van der Waals surface area contributed by atoms with Crippen molar-refractivity contribution < 1.29 is 9.47 Å². The van der Waals surface area contributed by atoms with Crippen molar-refractivity contribution >= 4 is 0 Å². The van der Waals surface area contributed by atoms with Crippen molar-refractivity contribution in [1.82, 2.24) is 0 Å². The molecule has 2 aromatic carbocycles. The van der Waals surface area contributed by atoms with E-state index in [0.717, 1.165) is 17.1 Å². The summed E-state index contributed by atoms with van der Waals surface area (Å²) in [5.74, 6) is 2.07.